The van der Waals surface area contributed by atoms with Crippen molar-refractivity contribution in [2.45, 2.75) is 20.3 Å². The van der Waals surface area contributed by atoms with Crippen LogP contribution in [0, 0.1) is 5.92 Å². The van der Waals surface area contributed by atoms with Gasteiger partial charge in [0.05, 0.1) is 12.5 Å². The Morgan fingerprint density at radius 1 is 1.31 bits per heavy atom. The standard InChI is InChI=1S/C11H22N2O3/c1-5-6-13(7-9(2)11(15)16)8-10(14)12(3)4/h9H,5-8H2,1-4H3,(H,15,16). The topological polar surface area (TPSA) is 60.9 Å². The van der Waals surface area contributed by atoms with E-state index in [4.69, 9.17) is 5.11 Å². The summed E-state index contributed by atoms with van der Waals surface area (Å²) in [6.45, 7) is 5.13. The molecule has 1 atom stereocenters. The minimum atomic E-state index is -0.821. The fourth-order valence-corrected chi connectivity index (χ4v) is 1.35. The fraction of sp³-hybridized carbons (Fsp3) is 0.818. The highest BCUT2D eigenvalue weighted by Crippen LogP contribution is 2.02. The summed E-state index contributed by atoms with van der Waals surface area (Å²) in [7, 11) is 3.40. The van der Waals surface area contributed by atoms with Gasteiger partial charge in [0.2, 0.25) is 5.91 Å². The average Bonchev–Trinajstić information content (AvgIpc) is 2.17. The minimum Gasteiger partial charge on any atom is -0.481 e. The van der Waals surface area contributed by atoms with Crippen LogP contribution in [0.2, 0.25) is 0 Å². The van der Waals surface area contributed by atoms with Crippen molar-refractivity contribution in [3.63, 3.8) is 0 Å². The van der Waals surface area contributed by atoms with E-state index >= 15 is 0 Å². The number of carboxylic acid groups (broad SMARTS) is 1. The zero-order valence-corrected chi connectivity index (χ0v) is 10.6. The third-order valence-corrected chi connectivity index (χ3v) is 2.35. The Morgan fingerprint density at radius 2 is 1.88 bits per heavy atom. The van der Waals surface area contributed by atoms with Gasteiger partial charge >= 0.3 is 5.97 Å². The molecule has 0 aliphatic rings. The first-order valence-corrected chi connectivity index (χ1v) is 5.53. The first-order chi connectivity index (χ1) is 7.38. The highest BCUT2D eigenvalue weighted by Gasteiger charge is 2.18. The van der Waals surface area contributed by atoms with Crippen molar-refractivity contribution in [3.8, 4) is 0 Å². The molecule has 0 rings (SSSR count). The van der Waals surface area contributed by atoms with Crippen LogP contribution in [0.3, 0.4) is 0 Å². The number of nitrogens with zero attached hydrogens (tertiary/aromatic N) is 2. The number of rotatable bonds is 7. The summed E-state index contributed by atoms with van der Waals surface area (Å²) in [5.41, 5.74) is 0. The molecule has 0 heterocycles. The SMILES string of the molecule is CCCN(CC(=O)N(C)C)CC(C)C(=O)O. The van der Waals surface area contributed by atoms with Crippen LogP contribution in [-0.4, -0.2) is 60.5 Å². The van der Waals surface area contributed by atoms with E-state index < -0.39 is 11.9 Å². The molecule has 1 N–H and O–H groups in total. The number of amides is 1. The van der Waals surface area contributed by atoms with Crippen molar-refractivity contribution in [3.05, 3.63) is 0 Å². The number of carbonyl (C=O) groups is 2. The molecule has 0 saturated heterocycles. The van der Waals surface area contributed by atoms with Crippen molar-refractivity contribution in [2.75, 3.05) is 33.7 Å². The zero-order chi connectivity index (χ0) is 12.7. The summed E-state index contributed by atoms with van der Waals surface area (Å²) in [5.74, 6) is -1.26. The molecule has 0 aliphatic carbocycles. The molecule has 0 aliphatic heterocycles. The van der Waals surface area contributed by atoms with Gasteiger partial charge in [-0.05, 0) is 13.0 Å². The summed E-state index contributed by atoms with van der Waals surface area (Å²) in [6, 6.07) is 0. The summed E-state index contributed by atoms with van der Waals surface area (Å²) in [5, 5.41) is 8.82. The summed E-state index contributed by atoms with van der Waals surface area (Å²) >= 11 is 0. The lowest BCUT2D eigenvalue weighted by Gasteiger charge is -2.24. The molecular weight excluding hydrogens is 208 g/mol. The van der Waals surface area contributed by atoms with Crippen LogP contribution in [0.1, 0.15) is 20.3 Å². The van der Waals surface area contributed by atoms with Crippen LogP contribution < -0.4 is 0 Å². The number of aliphatic carboxylic acids is 1. The Kier molecular flexibility index (Phi) is 6.72. The maximum absolute atomic E-state index is 11.5. The van der Waals surface area contributed by atoms with Crippen molar-refractivity contribution in [1.29, 1.82) is 0 Å². The predicted molar refractivity (Wildman–Crippen MR) is 62.2 cm³/mol. The fourth-order valence-electron chi connectivity index (χ4n) is 1.35. The maximum atomic E-state index is 11.5. The normalized spacial score (nSPS) is 12.6. The number of carboxylic acids is 1. The Bertz CT molecular complexity index is 241. The van der Waals surface area contributed by atoms with E-state index in [2.05, 4.69) is 0 Å². The Labute approximate surface area is 97.0 Å². The lowest BCUT2D eigenvalue weighted by Crippen LogP contribution is -2.40. The van der Waals surface area contributed by atoms with Crippen LogP contribution in [0.15, 0.2) is 0 Å². The molecule has 0 saturated carbocycles. The molecule has 0 aromatic rings. The van der Waals surface area contributed by atoms with Gasteiger partial charge in [-0.3, -0.25) is 14.5 Å². The second-order valence-corrected chi connectivity index (χ2v) is 4.26. The molecule has 0 bridgehead atoms. The molecular formula is C11H22N2O3. The van der Waals surface area contributed by atoms with Crippen LogP contribution in [0.4, 0.5) is 0 Å². The molecule has 1 unspecified atom stereocenters. The third-order valence-electron chi connectivity index (χ3n) is 2.35. The third kappa shape index (κ3) is 5.70. The Morgan fingerprint density at radius 3 is 2.25 bits per heavy atom. The number of carbonyl (C=O) groups excluding carboxylic acids is 1. The molecule has 0 spiro atoms. The first kappa shape index (κ1) is 14.9. The molecule has 5 heteroatoms. The van der Waals surface area contributed by atoms with E-state index in [1.54, 1.807) is 21.0 Å². The highest BCUT2D eigenvalue weighted by atomic mass is 16.4. The first-order valence-electron chi connectivity index (χ1n) is 5.53. The van der Waals surface area contributed by atoms with Gasteiger partial charge in [-0.1, -0.05) is 13.8 Å². The summed E-state index contributed by atoms with van der Waals surface area (Å²) in [6.07, 6.45) is 0.910. The van der Waals surface area contributed by atoms with Crippen LogP contribution in [0.5, 0.6) is 0 Å². The highest BCUT2D eigenvalue weighted by molar-refractivity contribution is 5.77. The van der Waals surface area contributed by atoms with E-state index in [0.717, 1.165) is 13.0 Å². The largest absolute Gasteiger partial charge is 0.481 e. The maximum Gasteiger partial charge on any atom is 0.307 e. The number of likely N-dealkylation sites (N-methyl/N-ethyl adjacent to an activating group) is 1. The Balaban J connectivity index is 4.27. The van der Waals surface area contributed by atoms with Gasteiger partial charge in [0, 0.05) is 20.6 Å². The van der Waals surface area contributed by atoms with E-state index in [1.165, 1.54) is 4.90 Å². The van der Waals surface area contributed by atoms with Gasteiger partial charge in [0.25, 0.3) is 0 Å². The van der Waals surface area contributed by atoms with Crippen LogP contribution in [-0.2, 0) is 9.59 Å². The lowest BCUT2D eigenvalue weighted by molar-refractivity contribution is -0.142. The molecule has 1 amide bonds. The van der Waals surface area contributed by atoms with Crippen molar-refractivity contribution < 1.29 is 14.7 Å². The summed E-state index contributed by atoms with van der Waals surface area (Å²) in [4.78, 5) is 25.7. The van der Waals surface area contributed by atoms with E-state index in [9.17, 15) is 9.59 Å². The van der Waals surface area contributed by atoms with Gasteiger partial charge in [-0.2, -0.15) is 0 Å². The monoisotopic (exact) mass is 230 g/mol. The van der Waals surface area contributed by atoms with Crippen LogP contribution in [0.25, 0.3) is 0 Å². The summed E-state index contributed by atoms with van der Waals surface area (Å²) < 4.78 is 0. The number of hydrogen-bond donors (Lipinski definition) is 1. The minimum absolute atomic E-state index is 0.00559. The molecule has 5 nitrogen and oxygen atoms in total. The lowest BCUT2D eigenvalue weighted by atomic mass is 10.1. The molecule has 0 fully saturated rings. The number of hydrogen-bond acceptors (Lipinski definition) is 3. The van der Waals surface area contributed by atoms with Crippen molar-refractivity contribution in [1.82, 2.24) is 9.80 Å². The van der Waals surface area contributed by atoms with Crippen LogP contribution >= 0.6 is 0 Å². The van der Waals surface area contributed by atoms with Gasteiger partial charge in [0.1, 0.15) is 0 Å². The molecule has 0 aromatic carbocycles. The zero-order valence-electron chi connectivity index (χ0n) is 10.6. The van der Waals surface area contributed by atoms with Gasteiger partial charge < -0.3 is 10.0 Å². The van der Waals surface area contributed by atoms with E-state index in [1.807, 2.05) is 11.8 Å². The Hall–Kier alpha value is -1.10. The van der Waals surface area contributed by atoms with Crippen molar-refractivity contribution >= 4 is 11.9 Å². The second-order valence-electron chi connectivity index (χ2n) is 4.26. The van der Waals surface area contributed by atoms with Gasteiger partial charge in [0.15, 0.2) is 0 Å². The molecule has 16 heavy (non-hydrogen) atoms. The van der Waals surface area contributed by atoms with Gasteiger partial charge in [-0.25, -0.2) is 0 Å². The second kappa shape index (κ2) is 7.22. The van der Waals surface area contributed by atoms with Gasteiger partial charge in [-0.15, -0.1) is 0 Å². The molecule has 94 valence electrons. The van der Waals surface area contributed by atoms with Crippen molar-refractivity contribution in [2.24, 2.45) is 5.92 Å². The average molecular weight is 230 g/mol. The predicted octanol–water partition coefficient (Wildman–Crippen LogP) is 0.507. The quantitative estimate of drug-likeness (QED) is 0.692. The molecule has 0 radical (unpaired) electrons. The molecule has 0 aromatic heterocycles. The van der Waals surface area contributed by atoms with E-state index in [0.29, 0.717) is 13.1 Å². The van der Waals surface area contributed by atoms with E-state index in [-0.39, 0.29) is 5.91 Å². The smallest absolute Gasteiger partial charge is 0.307 e.